The molecule has 2 saturated heterocycles. The summed E-state index contributed by atoms with van der Waals surface area (Å²) in [6, 6.07) is 4.10. The van der Waals surface area contributed by atoms with Crippen molar-refractivity contribution in [3.05, 3.63) is 24.0 Å². The molecule has 4 heteroatoms. The second-order valence-corrected chi connectivity index (χ2v) is 5.49. The summed E-state index contributed by atoms with van der Waals surface area (Å²) in [5.41, 5.74) is 2.05. The van der Waals surface area contributed by atoms with Gasteiger partial charge in [-0.05, 0) is 38.1 Å². The molecule has 0 spiro atoms. The van der Waals surface area contributed by atoms with Gasteiger partial charge in [-0.15, -0.1) is 0 Å². The molecule has 106 valence electrons. The quantitative estimate of drug-likeness (QED) is 0.718. The first kappa shape index (κ1) is 13.4. The lowest BCUT2D eigenvalue weighted by Gasteiger charge is -2.29. The minimum atomic E-state index is 0.486. The maximum Gasteiger partial charge on any atom is 0.136 e. The lowest BCUT2D eigenvalue weighted by atomic mass is 10.1. The van der Waals surface area contributed by atoms with Crippen LogP contribution in [-0.2, 0) is 4.74 Å². The summed E-state index contributed by atoms with van der Waals surface area (Å²) >= 11 is 0. The van der Waals surface area contributed by atoms with E-state index in [1.807, 2.05) is 12.3 Å². The smallest absolute Gasteiger partial charge is 0.136 e. The van der Waals surface area contributed by atoms with Crippen LogP contribution in [0.1, 0.15) is 12.1 Å². The lowest BCUT2D eigenvalue weighted by Crippen LogP contribution is -2.36. The van der Waals surface area contributed by atoms with Gasteiger partial charge >= 0.3 is 0 Å². The van der Waals surface area contributed by atoms with Gasteiger partial charge in [0.15, 0.2) is 0 Å². The van der Waals surface area contributed by atoms with Gasteiger partial charge in [0.1, 0.15) is 5.69 Å². The molecule has 1 atom stereocenters. The number of hydrogen-bond donors (Lipinski definition) is 0. The predicted octanol–water partition coefficient (Wildman–Crippen LogP) is 1.22. The van der Waals surface area contributed by atoms with E-state index in [9.17, 15) is 0 Å². The first-order chi connectivity index (χ1) is 9.83. The molecule has 0 saturated carbocycles. The van der Waals surface area contributed by atoms with E-state index < -0.39 is 0 Å². The zero-order valence-electron chi connectivity index (χ0n) is 12.0. The van der Waals surface area contributed by atoms with Gasteiger partial charge < -0.3 is 14.5 Å². The predicted molar refractivity (Wildman–Crippen MR) is 79.8 cm³/mol. The number of rotatable bonds is 1. The number of likely N-dealkylation sites (tertiary alicyclic amines) is 1. The molecule has 0 bridgehead atoms. The van der Waals surface area contributed by atoms with Gasteiger partial charge in [-0.1, -0.05) is 5.92 Å². The Morgan fingerprint density at radius 2 is 2.15 bits per heavy atom. The second kappa shape index (κ2) is 6.25. The number of ether oxygens (including phenoxy) is 1. The Kier molecular flexibility index (Phi) is 4.19. The highest BCUT2D eigenvalue weighted by molar-refractivity contribution is 5.57. The van der Waals surface area contributed by atoms with Gasteiger partial charge in [0.05, 0.1) is 18.9 Å². The number of morpholine rings is 1. The maximum atomic E-state index is 5.41. The maximum absolute atomic E-state index is 5.41. The number of hydrogen-bond acceptors (Lipinski definition) is 4. The summed E-state index contributed by atoms with van der Waals surface area (Å²) < 4.78 is 5.41. The summed E-state index contributed by atoms with van der Waals surface area (Å²) in [4.78, 5) is 9.12. The molecule has 2 aliphatic rings. The summed E-state index contributed by atoms with van der Waals surface area (Å²) in [5.74, 6) is 7.18. The van der Waals surface area contributed by atoms with Crippen molar-refractivity contribution < 1.29 is 4.74 Å². The number of pyridine rings is 1. The van der Waals surface area contributed by atoms with Gasteiger partial charge in [-0.3, -0.25) is 0 Å². The highest BCUT2D eigenvalue weighted by Crippen LogP contribution is 2.19. The summed E-state index contributed by atoms with van der Waals surface area (Å²) in [6.45, 7) is 5.65. The Morgan fingerprint density at radius 3 is 2.90 bits per heavy atom. The van der Waals surface area contributed by atoms with Crippen LogP contribution in [0.5, 0.6) is 0 Å². The van der Waals surface area contributed by atoms with Crippen LogP contribution < -0.4 is 4.90 Å². The Labute approximate surface area is 120 Å². The number of anilines is 1. The summed E-state index contributed by atoms with van der Waals surface area (Å²) in [5, 5.41) is 0. The molecular formula is C16H21N3O. The standard InChI is InChI=1S/C16H21N3O/c1-18-8-6-14(13-18)4-5-15-16(3-2-7-17-15)19-9-11-20-12-10-19/h2-3,7,14H,6,8-13H2,1H3. The molecule has 3 rings (SSSR count). The van der Waals surface area contributed by atoms with Crippen LogP contribution in [0, 0.1) is 17.8 Å². The highest BCUT2D eigenvalue weighted by atomic mass is 16.5. The molecule has 2 aliphatic heterocycles. The van der Waals surface area contributed by atoms with E-state index in [1.54, 1.807) is 0 Å². The number of aromatic nitrogens is 1. The molecular weight excluding hydrogens is 250 g/mol. The zero-order chi connectivity index (χ0) is 13.8. The average Bonchev–Trinajstić information content (AvgIpc) is 2.92. The zero-order valence-corrected chi connectivity index (χ0v) is 12.0. The molecule has 3 heterocycles. The monoisotopic (exact) mass is 271 g/mol. The van der Waals surface area contributed by atoms with Gasteiger partial charge in [0, 0.05) is 31.7 Å². The molecule has 1 unspecified atom stereocenters. The fraction of sp³-hybridized carbons (Fsp3) is 0.562. The minimum absolute atomic E-state index is 0.486. The van der Waals surface area contributed by atoms with Crippen molar-refractivity contribution >= 4 is 5.69 Å². The van der Waals surface area contributed by atoms with Crippen molar-refractivity contribution in [1.29, 1.82) is 0 Å². The first-order valence-electron chi connectivity index (χ1n) is 7.31. The Bertz CT molecular complexity index is 514. The number of nitrogens with zero attached hydrogens (tertiary/aromatic N) is 3. The van der Waals surface area contributed by atoms with E-state index in [-0.39, 0.29) is 0 Å². The molecule has 0 radical (unpaired) electrons. The third kappa shape index (κ3) is 3.12. The van der Waals surface area contributed by atoms with Crippen molar-refractivity contribution in [2.24, 2.45) is 5.92 Å². The van der Waals surface area contributed by atoms with E-state index in [0.29, 0.717) is 5.92 Å². The van der Waals surface area contributed by atoms with Crippen molar-refractivity contribution in [2.45, 2.75) is 6.42 Å². The van der Waals surface area contributed by atoms with Crippen LogP contribution in [0.3, 0.4) is 0 Å². The van der Waals surface area contributed by atoms with Gasteiger partial charge in [-0.2, -0.15) is 0 Å². The van der Waals surface area contributed by atoms with Gasteiger partial charge in [0.2, 0.25) is 0 Å². The molecule has 2 fully saturated rings. The fourth-order valence-electron chi connectivity index (χ4n) is 2.78. The molecule has 0 amide bonds. The normalized spacial score (nSPS) is 23.4. The molecule has 20 heavy (non-hydrogen) atoms. The van der Waals surface area contributed by atoms with Crippen LogP contribution in [0.2, 0.25) is 0 Å². The average molecular weight is 271 g/mol. The SMILES string of the molecule is CN1CCC(C#Cc2ncccc2N2CCOCC2)C1. The van der Waals surface area contributed by atoms with E-state index in [0.717, 1.165) is 50.8 Å². The second-order valence-electron chi connectivity index (χ2n) is 5.49. The van der Waals surface area contributed by atoms with Crippen molar-refractivity contribution in [1.82, 2.24) is 9.88 Å². The van der Waals surface area contributed by atoms with Gasteiger partial charge in [0.25, 0.3) is 0 Å². The Hall–Kier alpha value is -1.57. The minimum Gasteiger partial charge on any atom is -0.378 e. The van der Waals surface area contributed by atoms with E-state index in [1.165, 1.54) is 6.42 Å². The molecule has 4 nitrogen and oxygen atoms in total. The van der Waals surface area contributed by atoms with Crippen LogP contribution in [-0.4, -0.2) is 56.3 Å². The van der Waals surface area contributed by atoms with Crippen LogP contribution in [0.25, 0.3) is 0 Å². The van der Waals surface area contributed by atoms with Crippen molar-refractivity contribution in [2.75, 3.05) is 51.3 Å². The molecule has 1 aromatic rings. The lowest BCUT2D eigenvalue weighted by molar-refractivity contribution is 0.122. The van der Waals surface area contributed by atoms with Crippen LogP contribution in [0.15, 0.2) is 18.3 Å². The molecule has 0 N–H and O–H groups in total. The highest BCUT2D eigenvalue weighted by Gasteiger charge is 2.18. The van der Waals surface area contributed by atoms with Crippen LogP contribution >= 0.6 is 0 Å². The van der Waals surface area contributed by atoms with E-state index in [2.05, 4.69) is 39.7 Å². The molecule has 1 aromatic heterocycles. The largest absolute Gasteiger partial charge is 0.378 e. The fourth-order valence-corrected chi connectivity index (χ4v) is 2.78. The topological polar surface area (TPSA) is 28.6 Å². The van der Waals surface area contributed by atoms with Crippen LogP contribution in [0.4, 0.5) is 5.69 Å². The van der Waals surface area contributed by atoms with Gasteiger partial charge in [-0.25, -0.2) is 4.98 Å². The summed E-state index contributed by atoms with van der Waals surface area (Å²) in [7, 11) is 2.15. The molecule has 0 aliphatic carbocycles. The Balaban J connectivity index is 1.77. The molecule has 0 aromatic carbocycles. The third-order valence-corrected chi connectivity index (χ3v) is 3.92. The van der Waals surface area contributed by atoms with Crippen molar-refractivity contribution in [3.8, 4) is 11.8 Å². The summed E-state index contributed by atoms with van der Waals surface area (Å²) in [6.07, 6.45) is 3.00. The Morgan fingerprint density at radius 1 is 1.30 bits per heavy atom. The van der Waals surface area contributed by atoms with E-state index in [4.69, 9.17) is 4.74 Å². The first-order valence-corrected chi connectivity index (χ1v) is 7.31. The van der Waals surface area contributed by atoms with E-state index >= 15 is 0 Å². The van der Waals surface area contributed by atoms with Crippen molar-refractivity contribution in [3.63, 3.8) is 0 Å². The third-order valence-electron chi connectivity index (χ3n) is 3.92.